The minimum absolute atomic E-state index is 0.219. The number of nitrogens with zero attached hydrogens (tertiary/aromatic N) is 1. The summed E-state index contributed by atoms with van der Waals surface area (Å²) in [5.74, 6) is -0.438. The molecular weight excluding hydrogens is 214 g/mol. The Morgan fingerprint density at radius 2 is 1.24 bits per heavy atom. The van der Waals surface area contributed by atoms with Crippen LogP contribution in [0, 0.1) is 0 Å². The van der Waals surface area contributed by atoms with Crippen LogP contribution >= 0.6 is 0 Å². The maximum Gasteiger partial charge on any atom is 0.261 e. The maximum absolute atomic E-state index is 11.8. The Bertz CT molecular complexity index is 436. The van der Waals surface area contributed by atoms with E-state index in [2.05, 4.69) is 0 Å². The van der Waals surface area contributed by atoms with E-state index < -0.39 is 0 Å². The van der Waals surface area contributed by atoms with Gasteiger partial charge in [0.2, 0.25) is 0 Å². The van der Waals surface area contributed by atoms with E-state index in [0.717, 1.165) is 0 Å². The van der Waals surface area contributed by atoms with Crippen molar-refractivity contribution in [2.24, 2.45) is 0 Å². The van der Waals surface area contributed by atoms with E-state index in [4.69, 9.17) is 0 Å². The first-order chi connectivity index (χ1) is 8.13. The zero-order valence-electron chi connectivity index (χ0n) is 10.7. The topological polar surface area (TPSA) is 37.4 Å². The van der Waals surface area contributed by atoms with E-state index in [0.29, 0.717) is 16.8 Å². The molecule has 2 rings (SSSR count). The number of hydrogen-bond acceptors (Lipinski definition) is 2. The molecule has 1 aromatic carbocycles. The van der Waals surface area contributed by atoms with Crippen molar-refractivity contribution in [3.8, 4) is 0 Å². The van der Waals surface area contributed by atoms with Gasteiger partial charge in [0.15, 0.2) is 0 Å². The second-order valence-electron chi connectivity index (χ2n) is 3.53. The fourth-order valence-electron chi connectivity index (χ4n) is 1.56. The van der Waals surface area contributed by atoms with Crippen LogP contribution in [0.15, 0.2) is 41.5 Å². The normalized spacial score (nSPS) is 14.9. The summed E-state index contributed by atoms with van der Waals surface area (Å²) in [5.41, 5.74) is 1.69. The third-order valence-corrected chi connectivity index (χ3v) is 2.62. The molecule has 0 spiro atoms. The summed E-state index contributed by atoms with van der Waals surface area (Å²) in [5, 5.41) is 0. The Hall–Kier alpha value is -1.90. The smallest absolute Gasteiger partial charge is 0.261 e. The van der Waals surface area contributed by atoms with Crippen molar-refractivity contribution in [1.29, 1.82) is 0 Å². The molecule has 0 saturated heterocycles. The van der Waals surface area contributed by atoms with Crippen LogP contribution in [0.1, 0.15) is 27.7 Å². The quantitative estimate of drug-likeness (QED) is 0.697. The predicted octanol–water partition coefficient (Wildman–Crippen LogP) is 2.92. The maximum atomic E-state index is 11.8. The number of benzene rings is 1. The molecule has 1 aromatic rings. The molecule has 0 bridgehead atoms. The molecule has 0 aromatic heterocycles. The van der Waals surface area contributed by atoms with Gasteiger partial charge in [-0.3, -0.25) is 9.59 Å². The average molecular weight is 231 g/mol. The van der Waals surface area contributed by atoms with Gasteiger partial charge in [-0.05, 0) is 26.0 Å². The molecular formula is C14H17NO2. The molecule has 0 atom stereocenters. The van der Waals surface area contributed by atoms with E-state index in [1.165, 1.54) is 4.90 Å². The summed E-state index contributed by atoms with van der Waals surface area (Å²) in [6.45, 7) is 7.36. The SMILES string of the molecule is CC.CC1=C(C)C(=O)N(c2ccccc2)C1=O. The first-order valence-corrected chi connectivity index (χ1v) is 5.74. The minimum Gasteiger partial charge on any atom is -0.269 e. The highest BCUT2D eigenvalue weighted by atomic mass is 16.2. The average Bonchev–Trinajstić information content (AvgIpc) is 2.58. The number of anilines is 1. The van der Waals surface area contributed by atoms with Crippen LogP contribution in [-0.2, 0) is 9.59 Å². The Morgan fingerprint density at radius 1 is 0.824 bits per heavy atom. The lowest BCUT2D eigenvalue weighted by Gasteiger charge is -2.14. The van der Waals surface area contributed by atoms with Crippen molar-refractivity contribution < 1.29 is 9.59 Å². The van der Waals surface area contributed by atoms with E-state index in [1.54, 1.807) is 38.1 Å². The molecule has 1 aliphatic heterocycles. The molecule has 90 valence electrons. The molecule has 0 saturated carbocycles. The van der Waals surface area contributed by atoms with Crippen molar-refractivity contribution in [2.75, 3.05) is 4.90 Å². The monoisotopic (exact) mass is 231 g/mol. The van der Waals surface area contributed by atoms with Gasteiger partial charge in [-0.15, -0.1) is 0 Å². The Kier molecular flexibility index (Phi) is 4.21. The van der Waals surface area contributed by atoms with Gasteiger partial charge in [0, 0.05) is 11.1 Å². The Morgan fingerprint density at radius 3 is 1.65 bits per heavy atom. The van der Waals surface area contributed by atoms with Crippen molar-refractivity contribution in [3.05, 3.63) is 41.5 Å². The molecule has 1 heterocycles. The number of imide groups is 1. The van der Waals surface area contributed by atoms with Crippen LogP contribution < -0.4 is 4.90 Å². The first-order valence-electron chi connectivity index (χ1n) is 5.74. The van der Waals surface area contributed by atoms with Crippen LogP contribution in [0.25, 0.3) is 0 Å². The molecule has 0 fully saturated rings. The molecule has 1 aliphatic rings. The van der Waals surface area contributed by atoms with Crippen LogP contribution in [0.2, 0.25) is 0 Å². The van der Waals surface area contributed by atoms with E-state index in [-0.39, 0.29) is 11.8 Å². The largest absolute Gasteiger partial charge is 0.269 e. The summed E-state index contributed by atoms with van der Waals surface area (Å²) in [6, 6.07) is 8.96. The molecule has 2 amide bonds. The summed E-state index contributed by atoms with van der Waals surface area (Å²) < 4.78 is 0. The van der Waals surface area contributed by atoms with Gasteiger partial charge in [0.25, 0.3) is 11.8 Å². The number of para-hydroxylation sites is 1. The molecule has 17 heavy (non-hydrogen) atoms. The lowest BCUT2D eigenvalue weighted by molar-refractivity contribution is -0.120. The minimum atomic E-state index is -0.219. The molecule has 0 N–H and O–H groups in total. The second-order valence-corrected chi connectivity index (χ2v) is 3.53. The van der Waals surface area contributed by atoms with Crippen LogP contribution in [-0.4, -0.2) is 11.8 Å². The van der Waals surface area contributed by atoms with Crippen molar-refractivity contribution in [2.45, 2.75) is 27.7 Å². The standard InChI is InChI=1S/C12H11NO2.C2H6/c1-8-9(2)12(15)13(11(8)14)10-6-4-3-5-7-10;1-2/h3-7H,1-2H3;1-2H3. The lowest BCUT2D eigenvalue weighted by Crippen LogP contribution is -2.31. The number of hydrogen-bond donors (Lipinski definition) is 0. The van der Waals surface area contributed by atoms with E-state index in [1.807, 2.05) is 19.9 Å². The van der Waals surface area contributed by atoms with Gasteiger partial charge >= 0.3 is 0 Å². The molecule has 3 nitrogen and oxygen atoms in total. The summed E-state index contributed by atoms with van der Waals surface area (Å²) in [4.78, 5) is 24.8. The van der Waals surface area contributed by atoms with Gasteiger partial charge in [0.05, 0.1) is 5.69 Å². The van der Waals surface area contributed by atoms with Gasteiger partial charge < -0.3 is 0 Å². The molecule has 3 heteroatoms. The third-order valence-electron chi connectivity index (χ3n) is 2.62. The first kappa shape index (κ1) is 13.2. The Labute approximate surface area is 102 Å². The lowest BCUT2D eigenvalue weighted by atomic mass is 10.2. The Balaban J connectivity index is 0.000000686. The summed E-state index contributed by atoms with van der Waals surface area (Å²) in [6.07, 6.45) is 0. The second kappa shape index (κ2) is 5.43. The number of carbonyl (C=O) groups is 2. The van der Waals surface area contributed by atoms with Gasteiger partial charge in [-0.2, -0.15) is 0 Å². The molecule has 0 unspecified atom stereocenters. The third kappa shape index (κ3) is 2.28. The fourth-order valence-corrected chi connectivity index (χ4v) is 1.56. The van der Waals surface area contributed by atoms with Crippen molar-refractivity contribution in [3.63, 3.8) is 0 Å². The highest BCUT2D eigenvalue weighted by Crippen LogP contribution is 2.25. The molecule has 0 radical (unpaired) electrons. The molecule has 0 aliphatic carbocycles. The number of amides is 2. The van der Waals surface area contributed by atoms with Crippen molar-refractivity contribution >= 4 is 17.5 Å². The number of rotatable bonds is 1. The zero-order chi connectivity index (χ0) is 13.0. The highest BCUT2D eigenvalue weighted by molar-refractivity contribution is 6.32. The van der Waals surface area contributed by atoms with E-state index >= 15 is 0 Å². The van der Waals surface area contributed by atoms with Gasteiger partial charge in [-0.1, -0.05) is 32.0 Å². The van der Waals surface area contributed by atoms with Gasteiger partial charge in [-0.25, -0.2) is 4.90 Å². The summed E-state index contributed by atoms with van der Waals surface area (Å²) >= 11 is 0. The van der Waals surface area contributed by atoms with Crippen LogP contribution in [0.5, 0.6) is 0 Å². The van der Waals surface area contributed by atoms with Crippen molar-refractivity contribution in [1.82, 2.24) is 0 Å². The number of carbonyl (C=O) groups excluding carboxylic acids is 2. The zero-order valence-corrected chi connectivity index (χ0v) is 10.7. The highest BCUT2D eigenvalue weighted by Gasteiger charge is 2.34. The summed E-state index contributed by atoms with van der Waals surface area (Å²) in [7, 11) is 0. The van der Waals surface area contributed by atoms with Crippen LogP contribution in [0.4, 0.5) is 5.69 Å². The predicted molar refractivity (Wildman–Crippen MR) is 68.7 cm³/mol. The van der Waals surface area contributed by atoms with E-state index in [9.17, 15) is 9.59 Å². The fraction of sp³-hybridized carbons (Fsp3) is 0.286. The van der Waals surface area contributed by atoms with Gasteiger partial charge in [0.1, 0.15) is 0 Å². The van der Waals surface area contributed by atoms with Crippen LogP contribution in [0.3, 0.4) is 0 Å².